The van der Waals surface area contributed by atoms with E-state index in [0.29, 0.717) is 23.8 Å². The van der Waals surface area contributed by atoms with Crippen LogP contribution < -0.4 is 5.56 Å². The molecule has 25 heavy (non-hydrogen) atoms. The van der Waals surface area contributed by atoms with E-state index in [4.69, 9.17) is 9.72 Å². The number of ether oxygens (including phenoxy) is 1. The zero-order chi connectivity index (χ0) is 17.8. The second-order valence-electron chi connectivity index (χ2n) is 5.87. The van der Waals surface area contributed by atoms with E-state index in [1.165, 1.54) is 5.56 Å². The number of fused-ring (bicyclic) bond motifs is 1. The molecule has 5 heteroatoms. The van der Waals surface area contributed by atoms with Gasteiger partial charge in [0, 0.05) is 12.4 Å². The second kappa shape index (κ2) is 7.85. The van der Waals surface area contributed by atoms with Gasteiger partial charge in [0.1, 0.15) is 0 Å². The quantitative estimate of drug-likeness (QED) is 0.379. The molecule has 3 rings (SSSR count). The molecule has 0 aliphatic rings. The Morgan fingerprint density at radius 1 is 1.12 bits per heavy atom. The molecule has 0 bridgehead atoms. The molecule has 1 heterocycles. The first kappa shape index (κ1) is 17.7. The molecule has 0 unspecified atom stereocenters. The number of aryl methyl sites for hydroxylation is 2. The van der Waals surface area contributed by atoms with E-state index in [1.807, 2.05) is 49.4 Å². The predicted molar refractivity (Wildman–Crippen MR) is 104 cm³/mol. The summed E-state index contributed by atoms with van der Waals surface area (Å²) in [4.78, 5) is 17.8. The minimum atomic E-state index is -0.0345. The molecule has 2 aromatic carbocycles. The third-order valence-electron chi connectivity index (χ3n) is 4.16. The Morgan fingerprint density at radius 3 is 2.68 bits per heavy atom. The molecule has 3 aromatic rings. The predicted octanol–water partition coefficient (Wildman–Crippen LogP) is 4.13. The highest BCUT2D eigenvalue weighted by atomic mass is 32.2. The van der Waals surface area contributed by atoms with Crippen molar-refractivity contribution in [2.24, 2.45) is 0 Å². The van der Waals surface area contributed by atoms with Crippen molar-refractivity contribution in [3.63, 3.8) is 0 Å². The Labute approximate surface area is 151 Å². The topological polar surface area (TPSA) is 44.1 Å². The Bertz CT molecular complexity index is 950. The maximum Gasteiger partial charge on any atom is 0.266 e. The molecule has 0 saturated carbocycles. The number of hydrogen-bond donors (Lipinski definition) is 0. The third kappa shape index (κ3) is 3.78. The number of nitrogens with zero attached hydrogens (tertiary/aromatic N) is 2. The summed E-state index contributed by atoms with van der Waals surface area (Å²) in [6.45, 7) is 7.43. The molecule has 0 N–H and O–H groups in total. The van der Waals surface area contributed by atoms with Crippen LogP contribution in [-0.2, 0) is 4.74 Å². The van der Waals surface area contributed by atoms with Crippen molar-refractivity contribution < 1.29 is 4.74 Å². The van der Waals surface area contributed by atoms with E-state index >= 15 is 0 Å². The Hall–Kier alpha value is -2.11. The fourth-order valence-corrected chi connectivity index (χ4v) is 3.50. The van der Waals surface area contributed by atoms with Gasteiger partial charge in [-0.15, -0.1) is 0 Å². The monoisotopic (exact) mass is 354 g/mol. The fraction of sp³-hybridized carbons (Fsp3) is 0.300. The van der Waals surface area contributed by atoms with Gasteiger partial charge in [-0.2, -0.15) is 0 Å². The number of aromatic nitrogens is 2. The summed E-state index contributed by atoms with van der Waals surface area (Å²) in [5, 5.41) is 1.33. The smallest absolute Gasteiger partial charge is 0.266 e. The van der Waals surface area contributed by atoms with Crippen LogP contribution in [0.15, 0.2) is 52.4 Å². The molecule has 130 valence electrons. The minimum absolute atomic E-state index is 0.0345. The number of rotatable bonds is 6. The van der Waals surface area contributed by atoms with E-state index in [1.54, 1.807) is 16.3 Å². The van der Waals surface area contributed by atoms with Crippen LogP contribution in [0.2, 0.25) is 0 Å². The van der Waals surface area contributed by atoms with Crippen LogP contribution >= 0.6 is 11.8 Å². The number of hydrogen-bond acceptors (Lipinski definition) is 4. The molecule has 0 saturated heterocycles. The average Bonchev–Trinajstić information content (AvgIpc) is 2.62. The lowest BCUT2D eigenvalue weighted by molar-refractivity contribution is 0.164. The lowest BCUT2D eigenvalue weighted by Crippen LogP contribution is -2.22. The zero-order valence-electron chi connectivity index (χ0n) is 14.8. The van der Waals surface area contributed by atoms with Crippen molar-refractivity contribution in [3.8, 4) is 5.69 Å². The average molecular weight is 354 g/mol. The normalized spacial score (nSPS) is 11.2. The highest BCUT2D eigenvalue weighted by Gasteiger charge is 2.13. The lowest BCUT2D eigenvalue weighted by Gasteiger charge is -2.14. The maximum absolute atomic E-state index is 13.1. The van der Waals surface area contributed by atoms with Gasteiger partial charge in [0.05, 0.1) is 23.2 Å². The van der Waals surface area contributed by atoms with Crippen molar-refractivity contribution in [2.75, 3.05) is 19.0 Å². The lowest BCUT2D eigenvalue weighted by atomic mass is 10.1. The van der Waals surface area contributed by atoms with Crippen LogP contribution in [0.4, 0.5) is 0 Å². The van der Waals surface area contributed by atoms with Gasteiger partial charge in [-0.05, 0) is 56.2 Å². The first-order valence-electron chi connectivity index (χ1n) is 8.41. The van der Waals surface area contributed by atoms with E-state index in [2.05, 4.69) is 13.8 Å². The highest BCUT2D eigenvalue weighted by molar-refractivity contribution is 7.99. The summed E-state index contributed by atoms with van der Waals surface area (Å²) in [7, 11) is 0. The molecule has 0 aliphatic heterocycles. The third-order valence-corrected chi connectivity index (χ3v) is 5.06. The molecule has 1 aromatic heterocycles. The molecule has 0 fully saturated rings. The maximum atomic E-state index is 13.1. The van der Waals surface area contributed by atoms with E-state index < -0.39 is 0 Å². The SMILES string of the molecule is CCOCCSc1nc2ccccc2c(=O)n1-c1ccc(C)c(C)c1. The summed E-state index contributed by atoms with van der Waals surface area (Å²) >= 11 is 1.55. The van der Waals surface area contributed by atoms with Gasteiger partial charge in [-0.25, -0.2) is 4.98 Å². The number of para-hydroxylation sites is 1. The van der Waals surface area contributed by atoms with E-state index in [-0.39, 0.29) is 5.56 Å². The van der Waals surface area contributed by atoms with Gasteiger partial charge < -0.3 is 4.74 Å². The van der Waals surface area contributed by atoms with Crippen molar-refractivity contribution in [2.45, 2.75) is 25.9 Å². The highest BCUT2D eigenvalue weighted by Crippen LogP contribution is 2.22. The van der Waals surface area contributed by atoms with Gasteiger partial charge >= 0.3 is 0 Å². The zero-order valence-corrected chi connectivity index (χ0v) is 15.6. The van der Waals surface area contributed by atoms with Crippen LogP contribution in [0.1, 0.15) is 18.1 Å². The van der Waals surface area contributed by atoms with Crippen LogP contribution in [0.5, 0.6) is 0 Å². The fourth-order valence-electron chi connectivity index (χ4n) is 2.64. The molecule has 4 nitrogen and oxygen atoms in total. The molecular formula is C20H22N2O2S. The second-order valence-corrected chi connectivity index (χ2v) is 6.93. The van der Waals surface area contributed by atoms with Crippen molar-refractivity contribution in [1.82, 2.24) is 9.55 Å². The van der Waals surface area contributed by atoms with E-state index in [9.17, 15) is 4.79 Å². The van der Waals surface area contributed by atoms with Gasteiger partial charge in [0.2, 0.25) is 0 Å². The molecule has 0 spiro atoms. The minimum Gasteiger partial charge on any atom is -0.381 e. The summed E-state index contributed by atoms with van der Waals surface area (Å²) in [6, 6.07) is 13.6. The molecule has 0 atom stereocenters. The molecular weight excluding hydrogens is 332 g/mol. The van der Waals surface area contributed by atoms with Crippen molar-refractivity contribution in [3.05, 3.63) is 63.9 Å². The van der Waals surface area contributed by atoms with Crippen LogP contribution in [-0.4, -0.2) is 28.5 Å². The number of thioether (sulfide) groups is 1. The van der Waals surface area contributed by atoms with Gasteiger partial charge in [0.15, 0.2) is 5.16 Å². The van der Waals surface area contributed by atoms with E-state index in [0.717, 1.165) is 22.5 Å². The Balaban J connectivity index is 2.14. The Kier molecular flexibility index (Phi) is 5.56. The van der Waals surface area contributed by atoms with Crippen LogP contribution in [0.3, 0.4) is 0 Å². The van der Waals surface area contributed by atoms with Crippen LogP contribution in [0, 0.1) is 13.8 Å². The standard InChI is InChI=1S/C20H22N2O2S/c1-4-24-11-12-25-20-21-18-8-6-5-7-17(18)19(23)22(20)16-10-9-14(2)15(3)13-16/h5-10,13H,4,11-12H2,1-3H3. The summed E-state index contributed by atoms with van der Waals surface area (Å²) in [5.74, 6) is 0.753. The molecule has 0 aliphatic carbocycles. The van der Waals surface area contributed by atoms with Gasteiger partial charge in [0.25, 0.3) is 5.56 Å². The summed E-state index contributed by atoms with van der Waals surface area (Å²) < 4.78 is 7.13. The van der Waals surface area contributed by atoms with Gasteiger partial charge in [-0.1, -0.05) is 30.0 Å². The summed E-state index contributed by atoms with van der Waals surface area (Å²) in [6.07, 6.45) is 0. The number of benzene rings is 2. The molecule has 0 radical (unpaired) electrons. The Morgan fingerprint density at radius 2 is 1.92 bits per heavy atom. The summed E-state index contributed by atoms with van der Waals surface area (Å²) in [5.41, 5.74) is 3.91. The first-order chi connectivity index (χ1) is 12.1. The van der Waals surface area contributed by atoms with Crippen molar-refractivity contribution in [1.29, 1.82) is 0 Å². The largest absolute Gasteiger partial charge is 0.381 e. The first-order valence-corrected chi connectivity index (χ1v) is 9.40. The van der Waals surface area contributed by atoms with Crippen molar-refractivity contribution >= 4 is 22.7 Å². The van der Waals surface area contributed by atoms with Crippen LogP contribution in [0.25, 0.3) is 16.6 Å². The molecule has 0 amide bonds. The van der Waals surface area contributed by atoms with Gasteiger partial charge in [-0.3, -0.25) is 9.36 Å².